The summed E-state index contributed by atoms with van der Waals surface area (Å²) >= 11 is 0. The molecule has 0 aliphatic rings. The van der Waals surface area contributed by atoms with E-state index < -0.39 is 0 Å². The quantitative estimate of drug-likeness (QED) is 0.171. The molecule has 0 amide bonds. The first-order valence-corrected chi connectivity index (χ1v) is 18.7. The Labute approximate surface area is 322 Å². The van der Waals surface area contributed by atoms with Crippen molar-refractivity contribution >= 4 is 43.9 Å². The molecule has 0 radical (unpaired) electrons. The molecule has 0 unspecified atom stereocenters. The third kappa shape index (κ3) is 5.37. The molecule has 0 spiro atoms. The van der Waals surface area contributed by atoms with Gasteiger partial charge in [0.2, 0.25) is 0 Å². The molecule has 262 valence electrons. The second kappa shape index (κ2) is 13.0. The molecule has 11 aromatic rings. The van der Waals surface area contributed by atoms with E-state index in [9.17, 15) is 0 Å². The summed E-state index contributed by atoms with van der Waals surface area (Å²) in [6.07, 6.45) is 0. The van der Waals surface area contributed by atoms with Crippen LogP contribution in [-0.2, 0) is 0 Å². The zero-order chi connectivity index (χ0) is 37.0. The highest BCUT2D eigenvalue weighted by atomic mass is 16.3. The average Bonchev–Trinajstić information content (AvgIpc) is 3.85. The molecule has 0 saturated carbocycles. The van der Waals surface area contributed by atoms with Gasteiger partial charge in [-0.3, -0.25) is 0 Å². The lowest BCUT2D eigenvalue weighted by molar-refractivity contribution is 0.668. The summed E-state index contributed by atoms with van der Waals surface area (Å²) in [4.78, 5) is 15.9. The van der Waals surface area contributed by atoms with Gasteiger partial charge in [-0.15, -0.1) is 0 Å². The average molecular weight is 718 g/mol. The van der Waals surface area contributed by atoms with Crippen LogP contribution in [-0.4, -0.2) is 15.0 Å². The molecule has 3 aromatic heterocycles. The maximum atomic E-state index is 6.44. The molecular formula is C51H31N3O2. The number of rotatable bonds is 6. The third-order valence-corrected chi connectivity index (χ3v) is 10.5. The fourth-order valence-corrected chi connectivity index (χ4v) is 7.95. The standard InChI is InChI=1S/C51H31N3O2/c1-4-15-32(16-5-1)36-29-41(35-27-28-38-37-21-10-12-24-43(37)56-46(38)31-35)47(33-17-6-2-7-18-33)42(30-36)51-53-49(34-19-8-3-9-20-34)52-50(54-51)40-23-14-26-45-48(40)39-22-11-13-25-44(39)55-45/h1-31H. The van der Waals surface area contributed by atoms with Crippen LogP contribution in [0.3, 0.4) is 0 Å². The lowest BCUT2D eigenvalue weighted by Gasteiger charge is -2.19. The van der Waals surface area contributed by atoms with Gasteiger partial charge in [0.15, 0.2) is 17.5 Å². The first-order chi connectivity index (χ1) is 27.7. The Balaban J connectivity index is 1.24. The summed E-state index contributed by atoms with van der Waals surface area (Å²) < 4.78 is 12.8. The van der Waals surface area contributed by atoms with Gasteiger partial charge in [0.05, 0.1) is 0 Å². The number of fused-ring (bicyclic) bond motifs is 6. The minimum absolute atomic E-state index is 0.570. The van der Waals surface area contributed by atoms with Gasteiger partial charge in [0, 0.05) is 43.8 Å². The highest BCUT2D eigenvalue weighted by molar-refractivity contribution is 6.12. The summed E-state index contributed by atoms with van der Waals surface area (Å²) in [7, 11) is 0. The number of aromatic nitrogens is 3. The van der Waals surface area contributed by atoms with E-state index in [0.29, 0.717) is 17.5 Å². The zero-order valence-corrected chi connectivity index (χ0v) is 30.1. The summed E-state index contributed by atoms with van der Waals surface area (Å²) in [5.41, 5.74) is 12.3. The number of nitrogens with zero attached hydrogens (tertiary/aromatic N) is 3. The van der Waals surface area contributed by atoms with Crippen molar-refractivity contribution in [3.63, 3.8) is 0 Å². The molecule has 0 saturated heterocycles. The first-order valence-electron chi connectivity index (χ1n) is 18.7. The maximum Gasteiger partial charge on any atom is 0.164 e. The lowest BCUT2D eigenvalue weighted by Crippen LogP contribution is -2.02. The van der Waals surface area contributed by atoms with Crippen molar-refractivity contribution in [1.29, 1.82) is 0 Å². The van der Waals surface area contributed by atoms with Gasteiger partial charge in [-0.2, -0.15) is 0 Å². The summed E-state index contributed by atoms with van der Waals surface area (Å²) in [6.45, 7) is 0. The molecule has 3 heterocycles. The van der Waals surface area contributed by atoms with Gasteiger partial charge in [0.25, 0.3) is 0 Å². The molecule has 56 heavy (non-hydrogen) atoms. The van der Waals surface area contributed by atoms with E-state index in [1.165, 1.54) is 0 Å². The predicted octanol–water partition coefficient (Wildman–Crippen LogP) is 13.7. The van der Waals surface area contributed by atoms with Crippen molar-refractivity contribution in [3.8, 4) is 67.5 Å². The van der Waals surface area contributed by atoms with Crippen LogP contribution in [0.4, 0.5) is 0 Å². The number of para-hydroxylation sites is 2. The van der Waals surface area contributed by atoms with Crippen molar-refractivity contribution < 1.29 is 8.83 Å². The Hall–Kier alpha value is -7.63. The van der Waals surface area contributed by atoms with E-state index in [4.69, 9.17) is 23.8 Å². The van der Waals surface area contributed by atoms with E-state index in [2.05, 4.69) is 103 Å². The van der Waals surface area contributed by atoms with E-state index >= 15 is 0 Å². The fourth-order valence-electron chi connectivity index (χ4n) is 7.95. The Kier molecular flexibility index (Phi) is 7.42. The molecule has 0 aliphatic heterocycles. The van der Waals surface area contributed by atoms with Crippen molar-refractivity contribution in [1.82, 2.24) is 15.0 Å². The van der Waals surface area contributed by atoms with Crippen LogP contribution in [0, 0.1) is 0 Å². The van der Waals surface area contributed by atoms with E-state index in [-0.39, 0.29) is 0 Å². The van der Waals surface area contributed by atoms with Gasteiger partial charge in [-0.05, 0) is 70.3 Å². The number of furan rings is 2. The molecule has 8 aromatic carbocycles. The molecule has 5 heteroatoms. The monoisotopic (exact) mass is 717 g/mol. The minimum atomic E-state index is 0.570. The Bertz CT molecular complexity index is 3240. The van der Waals surface area contributed by atoms with Gasteiger partial charge < -0.3 is 8.83 Å². The van der Waals surface area contributed by atoms with E-state index in [1.807, 2.05) is 84.9 Å². The van der Waals surface area contributed by atoms with Crippen LogP contribution in [0.15, 0.2) is 197 Å². The van der Waals surface area contributed by atoms with Crippen LogP contribution in [0.2, 0.25) is 0 Å². The molecular weight excluding hydrogens is 687 g/mol. The Morgan fingerprint density at radius 1 is 0.286 bits per heavy atom. The van der Waals surface area contributed by atoms with Gasteiger partial charge in [0.1, 0.15) is 22.3 Å². The van der Waals surface area contributed by atoms with Crippen molar-refractivity contribution in [3.05, 3.63) is 188 Å². The number of hydrogen-bond acceptors (Lipinski definition) is 5. The smallest absolute Gasteiger partial charge is 0.164 e. The molecule has 0 aliphatic carbocycles. The highest BCUT2D eigenvalue weighted by Gasteiger charge is 2.23. The SMILES string of the molecule is c1ccc(-c2cc(-c3ccc4c(c3)oc3ccccc34)c(-c3ccccc3)c(-c3nc(-c4ccccc4)nc(-c4cccc5oc6ccccc6c45)n3)c2)cc1. The molecule has 11 rings (SSSR count). The molecule has 0 bridgehead atoms. The van der Waals surface area contributed by atoms with Gasteiger partial charge >= 0.3 is 0 Å². The molecule has 0 N–H and O–H groups in total. The van der Waals surface area contributed by atoms with Crippen molar-refractivity contribution in [2.45, 2.75) is 0 Å². The third-order valence-electron chi connectivity index (χ3n) is 10.5. The first kappa shape index (κ1) is 31.9. The van der Waals surface area contributed by atoms with Gasteiger partial charge in [-0.1, -0.05) is 146 Å². The summed E-state index contributed by atoms with van der Waals surface area (Å²) in [5.74, 6) is 1.73. The van der Waals surface area contributed by atoms with E-state index in [1.54, 1.807) is 0 Å². The Morgan fingerprint density at radius 3 is 1.57 bits per heavy atom. The molecule has 0 atom stereocenters. The Morgan fingerprint density at radius 2 is 0.821 bits per heavy atom. The normalized spacial score (nSPS) is 11.6. The minimum Gasteiger partial charge on any atom is -0.456 e. The van der Waals surface area contributed by atoms with Gasteiger partial charge in [-0.25, -0.2) is 15.0 Å². The van der Waals surface area contributed by atoms with Crippen LogP contribution >= 0.6 is 0 Å². The maximum absolute atomic E-state index is 6.44. The van der Waals surface area contributed by atoms with Crippen molar-refractivity contribution in [2.75, 3.05) is 0 Å². The second-order valence-corrected chi connectivity index (χ2v) is 13.9. The van der Waals surface area contributed by atoms with Crippen LogP contribution in [0.5, 0.6) is 0 Å². The van der Waals surface area contributed by atoms with E-state index in [0.717, 1.165) is 93.9 Å². The second-order valence-electron chi connectivity index (χ2n) is 13.9. The summed E-state index contributed by atoms with van der Waals surface area (Å²) in [5, 5.41) is 4.17. The topological polar surface area (TPSA) is 65.0 Å². The van der Waals surface area contributed by atoms with Crippen LogP contribution < -0.4 is 0 Å². The largest absolute Gasteiger partial charge is 0.456 e. The number of benzene rings is 8. The van der Waals surface area contributed by atoms with Crippen LogP contribution in [0.1, 0.15) is 0 Å². The summed E-state index contributed by atoms with van der Waals surface area (Å²) in [6, 6.07) is 64.6. The lowest BCUT2D eigenvalue weighted by atomic mass is 9.86. The van der Waals surface area contributed by atoms with Crippen molar-refractivity contribution in [2.24, 2.45) is 0 Å². The molecule has 5 nitrogen and oxygen atoms in total. The van der Waals surface area contributed by atoms with Crippen LogP contribution in [0.25, 0.3) is 111 Å². The molecule has 0 fully saturated rings. The number of hydrogen-bond donors (Lipinski definition) is 0. The highest BCUT2D eigenvalue weighted by Crippen LogP contribution is 2.45. The zero-order valence-electron chi connectivity index (χ0n) is 30.1. The predicted molar refractivity (Wildman–Crippen MR) is 227 cm³/mol. The fraction of sp³-hybridized carbons (Fsp3) is 0.